The number of pyridine rings is 1. The first kappa shape index (κ1) is 7.77. The Balaban J connectivity index is 2.43. The topological polar surface area (TPSA) is 12.9 Å². The Morgan fingerprint density at radius 2 is 2.50 bits per heavy atom. The van der Waals surface area contributed by atoms with Crippen molar-refractivity contribution in [2.75, 3.05) is 0 Å². The van der Waals surface area contributed by atoms with E-state index < -0.39 is 0 Å². The van der Waals surface area contributed by atoms with Crippen LogP contribution in [0.4, 0.5) is 0 Å². The van der Waals surface area contributed by atoms with E-state index in [1.54, 1.807) is 0 Å². The summed E-state index contributed by atoms with van der Waals surface area (Å²) in [6, 6.07) is 4.16. The van der Waals surface area contributed by atoms with Gasteiger partial charge in [-0.3, -0.25) is 0 Å². The second kappa shape index (κ2) is 4.48. The van der Waals surface area contributed by atoms with Crippen LogP contribution in [0.3, 0.4) is 0 Å². The van der Waals surface area contributed by atoms with Crippen LogP contribution in [-0.4, -0.2) is 19.9 Å². The molecule has 0 fully saturated rings. The van der Waals surface area contributed by atoms with E-state index in [2.05, 4.69) is 18.0 Å². The van der Waals surface area contributed by atoms with Crippen molar-refractivity contribution < 1.29 is 0 Å². The molecule has 0 N–H and O–H groups in total. The third-order valence-electron chi connectivity index (χ3n) is 1.11. The van der Waals surface area contributed by atoms with Crippen molar-refractivity contribution in [2.45, 2.75) is 18.7 Å². The molecule has 1 heterocycles. The normalized spacial score (nSPS) is 9.70. The van der Waals surface area contributed by atoms with Crippen LogP contribution >= 0.6 is 0 Å². The van der Waals surface area contributed by atoms with Crippen molar-refractivity contribution in [3.8, 4) is 0 Å². The molecule has 0 spiro atoms. The molecular weight excluding hydrogens is 189 g/mol. The number of nitrogens with zero attached hydrogens (tertiary/aromatic N) is 1. The van der Waals surface area contributed by atoms with Gasteiger partial charge in [-0.15, -0.1) is 0 Å². The van der Waals surface area contributed by atoms with E-state index in [1.165, 1.54) is 16.2 Å². The first-order valence-corrected chi connectivity index (χ1v) is 5.53. The molecule has 1 aromatic heterocycles. The van der Waals surface area contributed by atoms with Crippen molar-refractivity contribution in [3.05, 3.63) is 24.5 Å². The van der Waals surface area contributed by atoms with E-state index in [9.17, 15) is 0 Å². The summed E-state index contributed by atoms with van der Waals surface area (Å²) in [5, 5.41) is 1.33. The first-order chi connectivity index (χ1) is 4.93. The van der Waals surface area contributed by atoms with Crippen LogP contribution in [0.5, 0.6) is 0 Å². The molecule has 1 nitrogen and oxygen atoms in total. The van der Waals surface area contributed by atoms with E-state index in [1.807, 2.05) is 18.5 Å². The summed E-state index contributed by atoms with van der Waals surface area (Å²) in [5.41, 5.74) is 0. The molecule has 2 heteroatoms. The molecular formula is C8H11NSe. The van der Waals surface area contributed by atoms with Crippen molar-refractivity contribution in [1.82, 2.24) is 4.98 Å². The Morgan fingerprint density at radius 3 is 3.10 bits per heavy atom. The Hall–Kier alpha value is -0.331. The Kier molecular flexibility index (Phi) is 3.48. The summed E-state index contributed by atoms with van der Waals surface area (Å²) in [7, 11) is 0. The molecule has 10 heavy (non-hydrogen) atoms. The van der Waals surface area contributed by atoms with Gasteiger partial charge in [0.15, 0.2) is 0 Å². The van der Waals surface area contributed by atoms with Crippen molar-refractivity contribution >= 4 is 19.4 Å². The zero-order valence-corrected chi connectivity index (χ0v) is 7.79. The minimum atomic E-state index is 0.656. The molecule has 0 aliphatic rings. The summed E-state index contributed by atoms with van der Waals surface area (Å²) in [4.78, 5) is 4.05. The molecule has 0 aliphatic heterocycles. The van der Waals surface area contributed by atoms with Gasteiger partial charge in [0.1, 0.15) is 0 Å². The second-order valence-corrected chi connectivity index (χ2v) is 4.49. The maximum atomic E-state index is 4.05. The quantitative estimate of drug-likeness (QED) is 0.669. The van der Waals surface area contributed by atoms with E-state index in [0.29, 0.717) is 15.0 Å². The van der Waals surface area contributed by atoms with Gasteiger partial charge >= 0.3 is 67.6 Å². The van der Waals surface area contributed by atoms with Crippen LogP contribution in [0, 0.1) is 0 Å². The Labute approximate surface area is 68.0 Å². The SMILES string of the molecule is CCC[Se]c1cccnc1. The molecule has 0 atom stereocenters. The number of rotatable bonds is 3. The van der Waals surface area contributed by atoms with Gasteiger partial charge in [-0.1, -0.05) is 0 Å². The monoisotopic (exact) mass is 201 g/mol. The Bertz CT molecular complexity index is 174. The van der Waals surface area contributed by atoms with E-state index in [4.69, 9.17) is 0 Å². The zero-order valence-electron chi connectivity index (χ0n) is 6.08. The summed E-state index contributed by atoms with van der Waals surface area (Å²) in [6.45, 7) is 2.22. The standard InChI is InChI=1S/C8H11NSe/c1-2-6-10-8-4-3-5-9-7-8/h3-5,7H,2,6H2,1H3. The van der Waals surface area contributed by atoms with Gasteiger partial charge in [0, 0.05) is 0 Å². The summed E-state index contributed by atoms with van der Waals surface area (Å²) < 4.78 is 1.41. The first-order valence-electron chi connectivity index (χ1n) is 3.46. The van der Waals surface area contributed by atoms with Gasteiger partial charge in [-0.2, -0.15) is 0 Å². The maximum absolute atomic E-state index is 4.05. The Morgan fingerprint density at radius 1 is 1.60 bits per heavy atom. The van der Waals surface area contributed by atoms with Crippen molar-refractivity contribution in [3.63, 3.8) is 0 Å². The van der Waals surface area contributed by atoms with Gasteiger partial charge in [-0.25, -0.2) is 0 Å². The van der Waals surface area contributed by atoms with Gasteiger partial charge < -0.3 is 0 Å². The minimum absolute atomic E-state index is 0.656. The molecule has 54 valence electrons. The predicted octanol–water partition coefficient (Wildman–Crippen LogP) is 1.24. The van der Waals surface area contributed by atoms with Crippen LogP contribution in [0.2, 0.25) is 5.32 Å². The van der Waals surface area contributed by atoms with Crippen LogP contribution in [0.25, 0.3) is 0 Å². The summed E-state index contributed by atoms with van der Waals surface area (Å²) in [6.07, 6.45) is 5.08. The molecule has 0 saturated heterocycles. The molecule has 1 aromatic rings. The van der Waals surface area contributed by atoms with E-state index in [-0.39, 0.29) is 0 Å². The number of aromatic nitrogens is 1. The van der Waals surface area contributed by atoms with Gasteiger partial charge in [0.25, 0.3) is 0 Å². The van der Waals surface area contributed by atoms with Gasteiger partial charge in [-0.05, 0) is 0 Å². The van der Waals surface area contributed by atoms with E-state index >= 15 is 0 Å². The number of hydrogen-bond acceptors (Lipinski definition) is 1. The average molecular weight is 200 g/mol. The molecule has 0 bridgehead atoms. The second-order valence-electron chi connectivity index (χ2n) is 2.04. The van der Waals surface area contributed by atoms with Crippen molar-refractivity contribution in [1.29, 1.82) is 0 Å². The van der Waals surface area contributed by atoms with Crippen LogP contribution in [-0.2, 0) is 0 Å². The van der Waals surface area contributed by atoms with Gasteiger partial charge in [0.05, 0.1) is 0 Å². The summed E-state index contributed by atoms with van der Waals surface area (Å²) in [5.74, 6) is 0. The predicted molar refractivity (Wildman–Crippen MR) is 44.7 cm³/mol. The molecule has 0 radical (unpaired) electrons. The van der Waals surface area contributed by atoms with Crippen LogP contribution in [0.15, 0.2) is 24.5 Å². The number of hydrogen-bond donors (Lipinski definition) is 0. The fraction of sp³-hybridized carbons (Fsp3) is 0.375. The molecule has 0 aliphatic carbocycles. The third-order valence-corrected chi connectivity index (χ3v) is 3.60. The fourth-order valence-electron chi connectivity index (χ4n) is 0.652. The molecule has 0 saturated carbocycles. The zero-order chi connectivity index (χ0) is 7.23. The van der Waals surface area contributed by atoms with Crippen LogP contribution < -0.4 is 4.46 Å². The van der Waals surface area contributed by atoms with Crippen LogP contribution in [0.1, 0.15) is 13.3 Å². The van der Waals surface area contributed by atoms with Crippen molar-refractivity contribution in [2.24, 2.45) is 0 Å². The molecule has 0 amide bonds. The van der Waals surface area contributed by atoms with E-state index in [0.717, 1.165) is 0 Å². The average Bonchev–Trinajstić information content (AvgIpc) is 2.03. The van der Waals surface area contributed by atoms with Gasteiger partial charge in [0.2, 0.25) is 0 Å². The fourth-order valence-corrected chi connectivity index (χ4v) is 2.23. The molecule has 0 aromatic carbocycles. The third kappa shape index (κ3) is 2.51. The molecule has 1 rings (SSSR count). The summed E-state index contributed by atoms with van der Waals surface area (Å²) >= 11 is 0.656. The molecule has 0 unspecified atom stereocenters.